The molecule has 1 amide bonds. The van der Waals surface area contributed by atoms with Crippen LogP contribution in [0.4, 0.5) is 5.69 Å². The van der Waals surface area contributed by atoms with Gasteiger partial charge in [0.15, 0.2) is 0 Å². The molecule has 2 aromatic rings. The molecule has 3 rings (SSSR count). The van der Waals surface area contributed by atoms with E-state index in [1.807, 2.05) is 34.6 Å². The van der Waals surface area contributed by atoms with Crippen LogP contribution < -0.4 is 5.32 Å². The molecular weight excluding hydrogens is 440 g/mol. The van der Waals surface area contributed by atoms with Gasteiger partial charge in [0.2, 0.25) is 10.0 Å². The van der Waals surface area contributed by atoms with E-state index in [1.54, 1.807) is 0 Å². The number of rotatable bonds is 4. The maximum absolute atomic E-state index is 13.2. The Labute approximate surface area is 188 Å². The minimum Gasteiger partial charge on any atom is -0.373 e. The Bertz CT molecular complexity index is 1060. The van der Waals surface area contributed by atoms with Crippen molar-refractivity contribution < 1.29 is 17.9 Å². The van der Waals surface area contributed by atoms with Gasteiger partial charge in [-0.3, -0.25) is 4.79 Å². The Kier molecular flexibility index (Phi) is 6.71. The number of anilines is 1. The van der Waals surface area contributed by atoms with E-state index >= 15 is 0 Å². The third kappa shape index (κ3) is 5.41. The number of morpholine rings is 1. The van der Waals surface area contributed by atoms with E-state index in [9.17, 15) is 13.2 Å². The molecule has 168 valence electrons. The van der Waals surface area contributed by atoms with E-state index in [2.05, 4.69) is 15.3 Å². The lowest BCUT2D eigenvalue weighted by Crippen LogP contribution is -2.48. The van der Waals surface area contributed by atoms with Crippen molar-refractivity contribution in [2.45, 2.75) is 57.1 Å². The number of sulfonamides is 1. The molecule has 1 N–H and O–H groups in total. The van der Waals surface area contributed by atoms with Gasteiger partial charge in [-0.2, -0.15) is 4.31 Å². The van der Waals surface area contributed by atoms with E-state index in [0.29, 0.717) is 11.5 Å². The van der Waals surface area contributed by atoms with Crippen molar-refractivity contribution in [1.29, 1.82) is 0 Å². The van der Waals surface area contributed by atoms with E-state index in [0.717, 1.165) is 0 Å². The largest absolute Gasteiger partial charge is 0.373 e. The zero-order valence-corrected chi connectivity index (χ0v) is 19.8. The van der Waals surface area contributed by atoms with Crippen LogP contribution in [0.3, 0.4) is 0 Å². The Hall–Kier alpha value is -2.07. The lowest BCUT2D eigenvalue weighted by atomic mass is 9.96. The molecule has 8 nitrogen and oxygen atoms in total. The second-order valence-electron chi connectivity index (χ2n) is 8.72. The van der Waals surface area contributed by atoms with Crippen LogP contribution in [0.5, 0.6) is 0 Å². The van der Waals surface area contributed by atoms with Crippen LogP contribution in [0.2, 0.25) is 5.02 Å². The maximum Gasteiger partial charge on any atom is 0.255 e. The molecule has 0 bridgehead atoms. The van der Waals surface area contributed by atoms with Crippen molar-refractivity contribution in [2.24, 2.45) is 0 Å². The third-order valence-electron chi connectivity index (χ3n) is 4.78. The highest BCUT2D eigenvalue weighted by atomic mass is 35.5. The molecule has 2 unspecified atom stereocenters. The lowest BCUT2D eigenvalue weighted by Gasteiger charge is -2.34. The quantitative estimate of drug-likeness (QED) is 0.740. The fourth-order valence-electron chi connectivity index (χ4n) is 3.29. The summed E-state index contributed by atoms with van der Waals surface area (Å²) in [6.07, 6.45) is 2.57. The van der Waals surface area contributed by atoms with E-state index in [-0.39, 0.29) is 46.2 Å². The van der Waals surface area contributed by atoms with Crippen molar-refractivity contribution in [3.8, 4) is 0 Å². The highest BCUT2D eigenvalue weighted by Crippen LogP contribution is 2.28. The van der Waals surface area contributed by atoms with Crippen LogP contribution in [0, 0.1) is 0 Å². The predicted molar refractivity (Wildman–Crippen MR) is 119 cm³/mol. The number of carbonyl (C=O) groups excluding carboxylic acids is 1. The number of carbonyl (C=O) groups is 1. The van der Waals surface area contributed by atoms with Gasteiger partial charge < -0.3 is 10.1 Å². The van der Waals surface area contributed by atoms with Gasteiger partial charge in [-0.25, -0.2) is 18.4 Å². The summed E-state index contributed by atoms with van der Waals surface area (Å²) < 4.78 is 33.4. The van der Waals surface area contributed by atoms with Gasteiger partial charge in [-0.15, -0.1) is 0 Å². The minimum atomic E-state index is -3.89. The fourth-order valence-corrected chi connectivity index (χ4v) is 5.38. The summed E-state index contributed by atoms with van der Waals surface area (Å²) in [6.45, 7) is 10.0. The first-order chi connectivity index (χ1) is 14.4. The summed E-state index contributed by atoms with van der Waals surface area (Å²) in [5.74, 6) is 0.170. The molecule has 1 saturated heterocycles. The molecule has 1 aliphatic heterocycles. The highest BCUT2D eigenvalue weighted by molar-refractivity contribution is 7.89. The van der Waals surface area contributed by atoms with E-state index < -0.39 is 15.9 Å². The number of hydrogen-bond donors (Lipinski definition) is 1. The SMILES string of the molecule is CC1CN(S(=O)(=O)c2cc(C(=O)Nc3cnc(C(C)(C)C)nc3)ccc2Cl)CC(C)O1. The van der Waals surface area contributed by atoms with Crippen molar-refractivity contribution in [3.05, 3.63) is 47.0 Å². The molecule has 10 heteroatoms. The number of benzene rings is 1. The number of nitrogens with one attached hydrogen (secondary N) is 1. The van der Waals surface area contributed by atoms with Gasteiger partial charge >= 0.3 is 0 Å². The molecule has 1 aliphatic rings. The Morgan fingerprint density at radius 1 is 1.16 bits per heavy atom. The molecule has 2 atom stereocenters. The first kappa shape index (κ1) is 23.6. The summed E-state index contributed by atoms with van der Waals surface area (Å²) in [6, 6.07) is 4.18. The third-order valence-corrected chi connectivity index (χ3v) is 7.09. The van der Waals surface area contributed by atoms with Crippen LogP contribution in [-0.4, -0.2) is 53.9 Å². The van der Waals surface area contributed by atoms with Gasteiger partial charge in [0, 0.05) is 24.1 Å². The van der Waals surface area contributed by atoms with Gasteiger partial charge in [0.1, 0.15) is 10.7 Å². The summed E-state index contributed by atoms with van der Waals surface area (Å²) >= 11 is 6.21. The summed E-state index contributed by atoms with van der Waals surface area (Å²) in [7, 11) is -3.89. The van der Waals surface area contributed by atoms with Gasteiger partial charge in [0.25, 0.3) is 5.91 Å². The number of halogens is 1. The number of hydrogen-bond acceptors (Lipinski definition) is 6. The average Bonchev–Trinajstić information content (AvgIpc) is 2.67. The topological polar surface area (TPSA) is 101 Å². The Morgan fingerprint density at radius 3 is 2.29 bits per heavy atom. The molecule has 1 aromatic carbocycles. The standard InChI is InChI=1S/C21H27ClN4O4S/c1-13-11-26(12-14(2)30-13)31(28,29)18-8-15(6-7-17(18)22)19(27)25-16-9-23-20(24-10-16)21(3,4)5/h6-10,13-14H,11-12H2,1-5H3,(H,25,27). The zero-order chi connectivity index (χ0) is 23.0. The molecule has 0 radical (unpaired) electrons. The summed E-state index contributed by atoms with van der Waals surface area (Å²) in [5, 5.41) is 2.75. The van der Waals surface area contributed by atoms with Gasteiger partial charge in [-0.05, 0) is 32.0 Å². The first-order valence-electron chi connectivity index (χ1n) is 9.97. The van der Waals surface area contributed by atoms with Crippen molar-refractivity contribution in [1.82, 2.24) is 14.3 Å². The molecular formula is C21H27ClN4O4S. The van der Waals surface area contributed by atoms with Gasteiger partial charge in [-0.1, -0.05) is 32.4 Å². The first-order valence-corrected chi connectivity index (χ1v) is 11.8. The Morgan fingerprint density at radius 2 is 1.74 bits per heavy atom. The second-order valence-corrected chi connectivity index (χ2v) is 11.0. The number of ether oxygens (including phenoxy) is 1. The molecule has 1 aromatic heterocycles. The molecule has 0 saturated carbocycles. The van der Waals surface area contributed by atoms with Crippen LogP contribution in [0.1, 0.15) is 50.8 Å². The smallest absolute Gasteiger partial charge is 0.255 e. The number of aromatic nitrogens is 2. The average molecular weight is 467 g/mol. The highest BCUT2D eigenvalue weighted by Gasteiger charge is 2.34. The van der Waals surface area contributed by atoms with Gasteiger partial charge in [0.05, 0.1) is 35.3 Å². The lowest BCUT2D eigenvalue weighted by molar-refractivity contribution is -0.0440. The van der Waals surface area contributed by atoms with Crippen LogP contribution in [0.15, 0.2) is 35.5 Å². The molecule has 0 aliphatic carbocycles. The predicted octanol–water partition coefficient (Wildman–Crippen LogP) is 3.48. The summed E-state index contributed by atoms with van der Waals surface area (Å²) in [5.41, 5.74) is 0.363. The summed E-state index contributed by atoms with van der Waals surface area (Å²) in [4.78, 5) is 21.2. The van der Waals surface area contributed by atoms with E-state index in [1.165, 1.54) is 34.9 Å². The molecule has 1 fully saturated rings. The number of nitrogens with zero attached hydrogens (tertiary/aromatic N) is 3. The molecule has 0 spiro atoms. The van der Waals surface area contributed by atoms with Crippen molar-refractivity contribution in [2.75, 3.05) is 18.4 Å². The zero-order valence-electron chi connectivity index (χ0n) is 18.2. The van der Waals surface area contributed by atoms with Crippen molar-refractivity contribution >= 4 is 33.2 Å². The normalized spacial score (nSPS) is 20.5. The minimum absolute atomic E-state index is 0.0567. The second kappa shape index (κ2) is 8.82. The molecule has 31 heavy (non-hydrogen) atoms. The van der Waals surface area contributed by atoms with Crippen molar-refractivity contribution in [3.63, 3.8) is 0 Å². The maximum atomic E-state index is 13.2. The fraction of sp³-hybridized carbons (Fsp3) is 0.476. The van der Waals surface area contributed by atoms with Crippen LogP contribution in [0.25, 0.3) is 0 Å². The monoisotopic (exact) mass is 466 g/mol. The van der Waals surface area contributed by atoms with Crippen LogP contribution in [-0.2, 0) is 20.2 Å². The van der Waals surface area contributed by atoms with Crippen LogP contribution >= 0.6 is 11.6 Å². The number of amides is 1. The Balaban J connectivity index is 1.84. The molecule has 2 heterocycles. The van der Waals surface area contributed by atoms with E-state index in [4.69, 9.17) is 16.3 Å².